The molecule has 0 fully saturated rings. The first-order chi connectivity index (χ1) is 26.1. The van der Waals surface area contributed by atoms with Crippen LogP contribution in [0.3, 0.4) is 0 Å². The maximum Gasteiger partial charge on any atom is 0.306 e. The van der Waals surface area contributed by atoms with Crippen molar-refractivity contribution in [3.63, 3.8) is 0 Å². The highest BCUT2D eigenvalue weighted by Gasteiger charge is 2.25. The van der Waals surface area contributed by atoms with E-state index < -0.39 is 18.1 Å². The van der Waals surface area contributed by atoms with Crippen molar-refractivity contribution in [2.75, 3.05) is 41.0 Å². The number of nitrogens with zero attached hydrogens (tertiary/aromatic N) is 1. The molecule has 0 amide bonds. The number of allylic oxidation sites excluding steroid dienone is 12. The van der Waals surface area contributed by atoms with E-state index in [4.69, 9.17) is 14.2 Å². The van der Waals surface area contributed by atoms with Gasteiger partial charge in [0.25, 0.3) is 0 Å². The summed E-state index contributed by atoms with van der Waals surface area (Å²) in [4.78, 5) is 36.7. The molecule has 0 saturated heterocycles. The number of aliphatic carboxylic acids is 1. The molecule has 308 valence electrons. The molecule has 0 rings (SSSR count). The first-order valence-corrected chi connectivity index (χ1v) is 21.0. The number of unbranched alkanes of at least 4 members (excludes halogenated alkanes) is 10. The predicted octanol–water partition coefficient (Wildman–Crippen LogP) is 9.85. The van der Waals surface area contributed by atoms with E-state index in [0.29, 0.717) is 12.8 Å². The van der Waals surface area contributed by atoms with Gasteiger partial charge in [-0.2, -0.15) is 0 Å². The number of likely N-dealkylation sites (N-methyl/N-ethyl adjacent to an activating group) is 1. The topological polar surface area (TPSA) is 102 Å². The summed E-state index contributed by atoms with van der Waals surface area (Å²) in [6, 6.07) is -0.735. The molecule has 0 N–H and O–H groups in total. The number of quaternary nitrogens is 1. The van der Waals surface area contributed by atoms with Gasteiger partial charge in [-0.1, -0.05) is 138 Å². The summed E-state index contributed by atoms with van der Waals surface area (Å²) in [5.74, 6) is -1.80. The highest BCUT2D eigenvalue weighted by Crippen LogP contribution is 2.12. The van der Waals surface area contributed by atoms with Crippen LogP contribution < -0.4 is 5.11 Å². The fourth-order valence-corrected chi connectivity index (χ4v) is 5.60. The Morgan fingerprint density at radius 1 is 0.574 bits per heavy atom. The van der Waals surface area contributed by atoms with Crippen molar-refractivity contribution >= 4 is 17.9 Å². The van der Waals surface area contributed by atoms with E-state index in [1.807, 2.05) is 0 Å². The molecule has 2 unspecified atom stereocenters. The number of esters is 2. The molecule has 0 aliphatic carbocycles. The standard InChI is InChI=1S/C46H77NO7/c1-6-8-10-12-14-16-17-18-19-20-21-22-23-24-25-26-27-29-31-33-35-37-45(49)54-42(40-52-39-38-43(46(50)51)47(3,4)5)41-53-44(48)36-34-32-30-28-15-13-11-9-7-2/h8,10,14,16,18-19,21-22,24-25,27,29,42-43H,6-7,9,11-13,15,17,20,23,26,28,30-41H2,1-5H3/b10-8+,16-14+,19-18+,22-21+,25-24+,29-27+. The average molecular weight is 756 g/mol. The minimum Gasteiger partial charge on any atom is -0.544 e. The van der Waals surface area contributed by atoms with Crippen molar-refractivity contribution in [2.24, 2.45) is 0 Å². The molecule has 0 radical (unpaired) electrons. The van der Waals surface area contributed by atoms with E-state index >= 15 is 0 Å². The number of hydrogen-bond acceptors (Lipinski definition) is 7. The van der Waals surface area contributed by atoms with Gasteiger partial charge in [-0.05, 0) is 64.2 Å². The van der Waals surface area contributed by atoms with Crippen LogP contribution in [0.4, 0.5) is 0 Å². The number of carboxylic acids is 1. The van der Waals surface area contributed by atoms with E-state index in [-0.39, 0.29) is 49.1 Å². The van der Waals surface area contributed by atoms with Crippen LogP contribution in [0.5, 0.6) is 0 Å². The van der Waals surface area contributed by atoms with Gasteiger partial charge in [0.1, 0.15) is 12.6 Å². The predicted molar refractivity (Wildman–Crippen MR) is 222 cm³/mol. The summed E-state index contributed by atoms with van der Waals surface area (Å²) in [6.07, 6.45) is 45.1. The van der Waals surface area contributed by atoms with Gasteiger partial charge in [0.15, 0.2) is 6.10 Å². The lowest BCUT2D eigenvalue weighted by Crippen LogP contribution is -2.55. The minimum absolute atomic E-state index is 0.0203. The zero-order valence-electron chi connectivity index (χ0n) is 34.9. The molecule has 0 aliphatic heterocycles. The summed E-state index contributed by atoms with van der Waals surface area (Å²) in [5, 5.41) is 11.6. The van der Waals surface area contributed by atoms with E-state index in [1.54, 1.807) is 21.1 Å². The zero-order valence-corrected chi connectivity index (χ0v) is 34.9. The van der Waals surface area contributed by atoms with Gasteiger partial charge < -0.3 is 28.6 Å². The smallest absolute Gasteiger partial charge is 0.306 e. The maximum absolute atomic E-state index is 12.7. The van der Waals surface area contributed by atoms with Crippen LogP contribution in [0.2, 0.25) is 0 Å². The quantitative estimate of drug-likeness (QED) is 0.0272. The Morgan fingerprint density at radius 2 is 1.04 bits per heavy atom. The van der Waals surface area contributed by atoms with Gasteiger partial charge in [-0.3, -0.25) is 9.59 Å². The van der Waals surface area contributed by atoms with Crippen LogP contribution in [0.25, 0.3) is 0 Å². The Kier molecular flexibility index (Phi) is 34.5. The van der Waals surface area contributed by atoms with Crippen molar-refractivity contribution in [3.8, 4) is 0 Å². The van der Waals surface area contributed by atoms with E-state index in [2.05, 4.69) is 86.8 Å². The van der Waals surface area contributed by atoms with Gasteiger partial charge in [-0.15, -0.1) is 0 Å². The van der Waals surface area contributed by atoms with Crippen molar-refractivity contribution in [1.29, 1.82) is 0 Å². The Hall–Kier alpha value is -3.23. The van der Waals surface area contributed by atoms with Crippen LogP contribution in [-0.4, -0.2) is 75.5 Å². The van der Waals surface area contributed by atoms with Gasteiger partial charge in [0.05, 0.1) is 40.3 Å². The summed E-state index contributed by atoms with van der Waals surface area (Å²) in [6.45, 7) is 4.46. The van der Waals surface area contributed by atoms with Crippen molar-refractivity contribution in [3.05, 3.63) is 72.9 Å². The number of rotatable bonds is 36. The zero-order chi connectivity index (χ0) is 40.0. The molecular weight excluding hydrogens is 679 g/mol. The second-order valence-electron chi connectivity index (χ2n) is 14.8. The number of carbonyl (C=O) groups is 3. The number of ether oxygens (including phenoxy) is 3. The molecular formula is C46H77NO7. The monoisotopic (exact) mass is 756 g/mol. The molecule has 0 aromatic carbocycles. The molecule has 0 spiro atoms. The summed E-state index contributed by atoms with van der Waals surface area (Å²) >= 11 is 0. The Balaban J connectivity index is 4.43. The van der Waals surface area contributed by atoms with Crippen LogP contribution >= 0.6 is 0 Å². The molecule has 0 bridgehead atoms. The number of carboxylic acid groups (broad SMARTS) is 1. The second-order valence-corrected chi connectivity index (χ2v) is 14.8. The molecule has 0 aromatic rings. The molecule has 54 heavy (non-hydrogen) atoms. The SMILES string of the molecule is CC/C=C/C/C=C/C/C=C/C/C=C/C/C=C/C/C=C/CCCCC(=O)OC(COCCC(C(=O)[O-])[N+](C)(C)C)COC(=O)CCCCCCCCCCC. The third kappa shape index (κ3) is 34.5. The van der Waals surface area contributed by atoms with E-state index in [1.165, 1.54) is 38.5 Å². The maximum atomic E-state index is 12.7. The van der Waals surface area contributed by atoms with Crippen LogP contribution in [0.15, 0.2) is 72.9 Å². The molecule has 0 aliphatic rings. The first kappa shape index (κ1) is 50.8. The lowest BCUT2D eigenvalue weighted by molar-refractivity contribution is -0.889. The Bertz CT molecular complexity index is 1110. The molecule has 2 atom stereocenters. The Labute approximate surface area is 330 Å². The van der Waals surface area contributed by atoms with Crippen molar-refractivity contribution < 1.29 is 38.2 Å². The largest absolute Gasteiger partial charge is 0.544 e. The average Bonchev–Trinajstić information content (AvgIpc) is 3.12. The summed E-state index contributed by atoms with van der Waals surface area (Å²) in [7, 11) is 5.38. The first-order valence-electron chi connectivity index (χ1n) is 21.0. The molecule has 8 nitrogen and oxygen atoms in total. The summed E-state index contributed by atoms with van der Waals surface area (Å²) < 4.78 is 17.0. The highest BCUT2D eigenvalue weighted by molar-refractivity contribution is 5.70. The van der Waals surface area contributed by atoms with Gasteiger partial charge in [0.2, 0.25) is 0 Å². The highest BCUT2D eigenvalue weighted by atomic mass is 16.6. The third-order valence-electron chi connectivity index (χ3n) is 8.86. The fraction of sp³-hybridized carbons (Fsp3) is 0.674. The minimum atomic E-state index is -1.14. The molecule has 0 heterocycles. The van der Waals surface area contributed by atoms with Crippen LogP contribution in [0, 0.1) is 0 Å². The number of carbonyl (C=O) groups excluding carboxylic acids is 3. The molecule has 8 heteroatoms. The van der Waals surface area contributed by atoms with Crippen LogP contribution in [0.1, 0.15) is 149 Å². The van der Waals surface area contributed by atoms with Crippen molar-refractivity contribution in [2.45, 2.75) is 161 Å². The van der Waals surface area contributed by atoms with E-state index in [0.717, 1.165) is 70.6 Å². The normalized spacial score (nSPS) is 13.7. The number of hydrogen-bond donors (Lipinski definition) is 0. The fourth-order valence-electron chi connectivity index (χ4n) is 5.60. The lowest BCUT2D eigenvalue weighted by atomic mass is 10.1. The van der Waals surface area contributed by atoms with Gasteiger partial charge >= 0.3 is 11.9 Å². The molecule has 0 saturated carbocycles. The van der Waals surface area contributed by atoms with Crippen LogP contribution in [-0.2, 0) is 28.6 Å². The molecule has 0 aromatic heterocycles. The van der Waals surface area contributed by atoms with Crippen molar-refractivity contribution in [1.82, 2.24) is 0 Å². The Morgan fingerprint density at radius 3 is 1.54 bits per heavy atom. The lowest BCUT2D eigenvalue weighted by Gasteiger charge is -2.34. The second kappa shape index (κ2) is 36.7. The van der Waals surface area contributed by atoms with Gasteiger partial charge in [0, 0.05) is 19.3 Å². The van der Waals surface area contributed by atoms with Gasteiger partial charge in [-0.25, -0.2) is 0 Å². The third-order valence-corrected chi connectivity index (χ3v) is 8.86. The summed E-state index contributed by atoms with van der Waals surface area (Å²) in [5.41, 5.74) is 0. The van der Waals surface area contributed by atoms with E-state index in [9.17, 15) is 19.5 Å².